The summed E-state index contributed by atoms with van der Waals surface area (Å²) in [7, 11) is 0. The van der Waals surface area contributed by atoms with Crippen LogP contribution < -0.4 is 9.80 Å². The highest BCUT2D eigenvalue weighted by Gasteiger charge is 2.36. The van der Waals surface area contributed by atoms with Gasteiger partial charge in [0.1, 0.15) is 46.2 Å². The van der Waals surface area contributed by atoms with Crippen molar-refractivity contribution in [2.24, 2.45) is 9.98 Å². The van der Waals surface area contributed by atoms with Gasteiger partial charge in [-0.3, -0.25) is 9.59 Å². The maximum absolute atomic E-state index is 13.9. The first-order chi connectivity index (χ1) is 22.4. The molecule has 0 aliphatic carbocycles. The number of aromatic hydroxyl groups is 2. The Balaban J connectivity index is 1.30. The van der Waals surface area contributed by atoms with Crippen LogP contribution in [0.3, 0.4) is 0 Å². The summed E-state index contributed by atoms with van der Waals surface area (Å²) in [5.41, 5.74) is 3.19. The Bertz CT molecular complexity index is 1940. The zero-order chi connectivity index (χ0) is 31.6. The molecule has 0 radical (unpaired) electrons. The lowest BCUT2D eigenvalue weighted by molar-refractivity contribution is -0.114. The van der Waals surface area contributed by atoms with E-state index in [1.807, 2.05) is 60.7 Å². The highest BCUT2D eigenvalue weighted by Crippen LogP contribution is 2.31. The fraction of sp³-hybridized carbons (Fsp3) is 0. The molecule has 3 heterocycles. The first kappa shape index (κ1) is 28.2. The quantitative estimate of drug-likeness (QED) is 0.225. The van der Waals surface area contributed by atoms with Crippen LogP contribution in [0.15, 0.2) is 149 Å². The van der Waals surface area contributed by atoms with Gasteiger partial charge in [-0.1, -0.05) is 91.0 Å². The van der Waals surface area contributed by atoms with Gasteiger partial charge in [0, 0.05) is 11.1 Å². The molecule has 0 spiro atoms. The van der Waals surface area contributed by atoms with Crippen LogP contribution in [0.2, 0.25) is 0 Å². The monoisotopic (exact) mass is 603 g/mol. The van der Waals surface area contributed by atoms with E-state index in [9.17, 15) is 19.8 Å². The second-order valence-electron chi connectivity index (χ2n) is 10.5. The van der Waals surface area contributed by atoms with Crippen LogP contribution in [0, 0.1) is 0 Å². The first-order valence-electron chi connectivity index (χ1n) is 14.4. The molecule has 2 amide bonds. The molecule has 222 valence electrons. The third kappa shape index (κ3) is 5.44. The third-order valence-corrected chi connectivity index (χ3v) is 7.36. The van der Waals surface area contributed by atoms with Crippen molar-refractivity contribution in [1.29, 1.82) is 0 Å². The molecule has 9 heteroatoms. The van der Waals surface area contributed by atoms with Gasteiger partial charge in [0.05, 0.1) is 0 Å². The van der Waals surface area contributed by atoms with Gasteiger partial charge >= 0.3 is 0 Å². The zero-order valence-corrected chi connectivity index (χ0v) is 24.2. The number of amides is 2. The number of phenolic OH excluding ortho intramolecular Hbond substituents is 2. The van der Waals surface area contributed by atoms with Crippen molar-refractivity contribution in [3.8, 4) is 11.5 Å². The Kier molecular flexibility index (Phi) is 7.24. The number of rotatable bonds is 6. The molecule has 0 atom stereocenters. The molecule has 1 aromatic heterocycles. The van der Waals surface area contributed by atoms with Gasteiger partial charge in [-0.25, -0.2) is 24.8 Å². The molecule has 0 fully saturated rings. The summed E-state index contributed by atoms with van der Waals surface area (Å²) >= 11 is 0. The van der Waals surface area contributed by atoms with Gasteiger partial charge in [0.15, 0.2) is 0 Å². The van der Waals surface area contributed by atoms with Crippen LogP contribution in [0.25, 0.3) is 12.2 Å². The molecule has 2 aliphatic rings. The van der Waals surface area contributed by atoms with Crippen LogP contribution in [0.1, 0.15) is 22.3 Å². The minimum absolute atomic E-state index is 0.118. The summed E-state index contributed by atoms with van der Waals surface area (Å²) in [5, 5.41) is 19.4. The molecule has 0 saturated carbocycles. The average molecular weight is 604 g/mol. The Morgan fingerprint density at radius 3 is 1.26 bits per heavy atom. The van der Waals surface area contributed by atoms with E-state index in [-0.39, 0.29) is 34.5 Å². The number of benzene rings is 4. The standard InChI is InChI=1S/C37H25N5O4/c43-28-18-14-24(15-19-28)22-30-36(45)41(34(38-30)26-8-3-1-4-9-26)32-12-7-13-33(40-32)42-35(27-10-5-2-6-11-27)39-31(37(42)46)23-25-16-20-29(44)21-17-25/h1-23,43-44H/b30-22-,31-23+. The third-order valence-electron chi connectivity index (χ3n) is 7.36. The van der Waals surface area contributed by atoms with E-state index in [0.29, 0.717) is 33.9 Å². The van der Waals surface area contributed by atoms with Crippen molar-refractivity contribution >= 4 is 47.3 Å². The normalized spacial score (nSPS) is 16.3. The van der Waals surface area contributed by atoms with E-state index >= 15 is 0 Å². The van der Waals surface area contributed by atoms with Crippen molar-refractivity contribution in [3.05, 3.63) is 161 Å². The number of nitrogens with zero attached hydrogens (tertiary/aromatic N) is 5. The van der Waals surface area contributed by atoms with Crippen LogP contribution in [-0.2, 0) is 9.59 Å². The van der Waals surface area contributed by atoms with E-state index in [0.717, 1.165) is 0 Å². The number of amidine groups is 2. The van der Waals surface area contributed by atoms with Crippen molar-refractivity contribution in [2.75, 3.05) is 9.80 Å². The molecule has 9 nitrogen and oxygen atoms in total. The van der Waals surface area contributed by atoms with Crippen LogP contribution in [0.4, 0.5) is 11.6 Å². The van der Waals surface area contributed by atoms with E-state index in [4.69, 9.17) is 15.0 Å². The van der Waals surface area contributed by atoms with E-state index in [1.165, 1.54) is 9.80 Å². The van der Waals surface area contributed by atoms with Gasteiger partial charge in [0.25, 0.3) is 11.8 Å². The lowest BCUT2D eigenvalue weighted by atomic mass is 10.1. The summed E-state index contributed by atoms with van der Waals surface area (Å²) in [6.45, 7) is 0. The molecule has 2 aliphatic heterocycles. The lowest BCUT2D eigenvalue weighted by Crippen LogP contribution is -2.36. The lowest BCUT2D eigenvalue weighted by Gasteiger charge is -2.21. The number of hydrogen-bond donors (Lipinski definition) is 2. The zero-order valence-electron chi connectivity index (χ0n) is 24.2. The minimum atomic E-state index is -0.394. The van der Waals surface area contributed by atoms with Crippen LogP contribution in [0.5, 0.6) is 11.5 Å². The van der Waals surface area contributed by atoms with Crippen molar-refractivity contribution in [3.63, 3.8) is 0 Å². The fourth-order valence-electron chi connectivity index (χ4n) is 5.14. The van der Waals surface area contributed by atoms with Crippen molar-refractivity contribution in [1.82, 2.24) is 4.98 Å². The van der Waals surface area contributed by atoms with Crippen LogP contribution >= 0.6 is 0 Å². The summed E-state index contributed by atoms with van der Waals surface area (Å²) in [6.07, 6.45) is 3.30. The minimum Gasteiger partial charge on any atom is -0.508 e. The summed E-state index contributed by atoms with van der Waals surface area (Å²) in [6, 6.07) is 36.7. The number of carbonyl (C=O) groups excluding carboxylic acids is 2. The Labute approximate surface area is 264 Å². The Morgan fingerprint density at radius 1 is 0.478 bits per heavy atom. The van der Waals surface area contributed by atoms with Gasteiger partial charge < -0.3 is 10.2 Å². The highest BCUT2D eigenvalue weighted by atomic mass is 16.3. The van der Waals surface area contributed by atoms with E-state index < -0.39 is 11.8 Å². The molecular formula is C37H25N5O4. The van der Waals surface area contributed by atoms with E-state index in [2.05, 4.69) is 0 Å². The molecule has 4 aromatic carbocycles. The van der Waals surface area contributed by atoms with Gasteiger partial charge in [0.2, 0.25) is 0 Å². The number of pyridine rings is 1. The number of carbonyl (C=O) groups is 2. The maximum atomic E-state index is 13.9. The predicted molar refractivity (Wildman–Crippen MR) is 177 cm³/mol. The average Bonchev–Trinajstić information content (AvgIpc) is 3.59. The number of anilines is 2. The fourth-order valence-corrected chi connectivity index (χ4v) is 5.14. The Morgan fingerprint density at radius 2 is 0.870 bits per heavy atom. The molecule has 0 unspecified atom stereocenters. The van der Waals surface area contributed by atoms with Gasteiger partial charge in [-0.2, -0.15) is 0 Å². The summed E-state index contributed by atoms with van der Waals surface area (Å²) in [5.74, 6) is 0.767. The SMILES string of the molecule is O=C1/C(=C/c2ccc(O)cc2)N=C(c2ccccc2)N1c1cccc(N2C(=O)/C(=C\c3ccc(O)cc3)N=C2c2ccccc2)n1. The van der Waals surface area contributed by atoms with Gasteiger partial charge in [-0.05, 0) is 59.7 Å². The molecule has 0 bridgehead atoms. The molecule has 46 heavy (non-hydrogen) atoms. The molecule has 5 aromatic rings. The second-order valence-corrected chi connectivity index (χ2v) is 10.5. The predicted octanol–water partition coefficient (Wildman–Crippen LogP) is 6.16. The number of aromatic nitrogens is 1. The molecule has 2 N–H and O–H groups in total. The second kappa shape index (κ2) is 11.8. The summed E-state index contributed by atoms with van der Waals surface area (Å²) in [4.78, 5) is 45.0. The molecular weight excluding hydrogens is 578 g/mol. The van der Waals surface area contributed by atoms with E-state index in [1.54, 1.807) is 78.9 Å². The Hall–Kier alpha value is -6.61. The smallest absolute Gasteiger partial charge is 0.283 e. The van der Waals surface area contributed by atoms with Crippen molar-refractivity contribution < 1.29 is 19.8 Å². The maximum Gasteiger partial charge on any atom is 0.283 e. The highest BCUT2D eigenvalue weighted by molar-refractivity contribution is 6.34. The number of aliphatic imine (C=N–C) groups is 2. The van der Waals surface area contributed by atoms with Crippen molar-refractivity contribution in [2.45, 2.75) is 0 Å². The first-order valence-corrected chi connectivity index (χ1v) is 14.4. The van der Waals surface area contributed by atoms with Gasteiger partial charge in [-0.15, -0.1) is 0 Å². The van der Waals surface area contributed by atoms with Crippen LogP contribution in [-0.4, -0.2) is 38.7 Å². The molecule has 7 rings (SSSR count). The summed E-state index contributed by atoms with van der Waals surface area (Å²) < 4.78 is 0. The molecule has 0 saturated heterocycles. The topological polar surface area (TPSA) is 119 Å². The number of phenols is 2. The largest absolute Gasteiger partial charge is 0.508 e. The number of hydrogen-bond acceptors (Lipinski definition) is 7.